The molecule has 0 aliphatic carbocycles. The summed E-state index contributed by atoms with van der Waals surface area (Å²) in [5.41, 5.74) is 0.906. The molecule has 0 saturated carbocycles. The number of aromatic carboxylic acids is 1. The SMILES string of the molecule is Cc1csc(Oc2cnccc2C(=O)O)n1. The molecule has 2 rings (SSSR count). The zero-order valence-corrected chi connectivity index (χ0v) is 9.19. The summed E-state index contributed by atoms with van der Waals surface area (Å²) in [6, 6.07) is 1.39. The highest BCUT2D eigenvalue weighted by Gasteiger charge is 2.12. The van der Waals surface area contributed by atoms with E-state index in [0.717, 1.165) is 5.69 Å². The lowest BCUT2D eigenvalue weighted by Crippen LogP contribution is -2.00. The van der Waals surface area contributed by atoms with Crippen LogP contribution in [0.5, 0.6) is 10.9 Å². The number of carbonyl (C=O) groups is 1. The Hall–Kier alpha value is -1.95. The summed E-state index contributed by atoms with van der Waals surface area (Å²) in [7, 11) is 0. The Morgan fingerprint density at radius 3 is 3.00 bits per heavy atom. The van der Waals surface area contributed by atoms with Crippen molar-refractivity contribution in [2.45, 2.75) is 6.92 Å². The molecular weight excluding hydrogens is 228 g/mol. The number of carboxylic acids is 1. The second kappa shape index (κ2) is 4.28. The van der Waals surface area contributed by atoms with E-state index in [1.165, 1.54) is 29.8 Å². The lowest BCUT2D eigenvalue weighted by molar-refractivity contribution is 0.0694. The molecule has 0 unspecified atom stereocenters. The molecule has 1 N–H and O–H groups in total. The summed E-state index contributed by atoms with van der Waals surface area (Å²) in [6.07, 6.45) is 2.77. The first-order chi connectivity index (χ1) is 7.66. The quantitative estimate of drug-likeness (QED) is 0.885. The molecule has 0 amide bonds. The molecule has 0 spiro atoms. The zero-order valence-electron chi connectivity index (χ0n) is 8.38. The van der Waals surface area contributed by atoms with E-state index in [1.54, 1.807) is 0 Å². The Kier molecular flexibility index (Phi) is 2.82. The van der Waals surface area contributed by atoms with Crippen molar-refractivity contribution >= 4 is 17.3 Å². The van der Waals surface area contributed by atoms with Crippen LogP contribution in [0.15, 0.2) is 23.8 Å². The fraction of sp³-hybridized carbons (Fsp3) is 0.100. The second-order valence-electron chi connectivity index (χ2n) is 3.03. The third-order valence-corrected chi connectivity index (χ3v) is 2.65. The molecule has 0 atom stereocenters. The van der Waals surface area contributed by atoms with Crippen LogP contribution in [0.1, 0.15) is 16.1 Å². The van der Waals surface area contributed by atoms with Crippen LogP contribution in [-0.2, 0) is 0 Å². The minimum atomic E-state index is -1.05. The van der Waals surface area contributed by atoms with Crippen LogP contribution in [0.3, 0.4) is 0 Å². The molecule has 0 aromatic carbocycles. The van der Waals surface area contributed by atoms with Gasteiger partial charge in [-0.25, -0.2) is 9.78 Å². The number of thiazole rings is 1. The summed E-state index contributed by atoms with van der Waals surface area (Å²) in [4.78, 5) is 18.8. The maximum absolute atomic E-state index is 10.9. The number of rotatable bonds is 3. The molecule has 0 aliphatic heterocycles. The van der Waals surface area contributed by atoms with Crippen LogP contribution in [-0.4, -0.2) is 21.0 Å². The molecule has 6 heteroatoms. The first-order valence-corrected chi connectivity index (χ1v) is 5.32. The van der Waals surface area contributed by atoms with Crippen LogP contribution in [0.25, 0.3) is 0 Å². The predicted octanol–water partition coefficient (Wildman–Crippen LogP) is 2.34. The van der Waals surface area contributed by atoms with E-state index in [0.29, 0.717) is 5.19 Å². The van der Waals surface area contributed by atoms with E-state index in [-0.39, 0.29) is 11.3 Å². The van der Waals surface area contributed by atoms with Crippen LogP contribution in [0.4, 0.5) is 0 Å². The van der Waals surface area contributed by atoms with Gasteiger partial charge < -0.3 is 9.84 Å². The molecule has 2 aromatic rings. The highest BCUT2D eigenvalue weighted by atomic mass is 32.1. The lowest BCUT2D eigenvalue weighted by atomic mass is 10.2. The molecule has 0 fully saturated rings. The van der Waals surface area contributed by atoms with Gasteiger partial charge in [0.05, 0.1) is 11.9 Å². The molecule has 0 aliphatic rings. The topological polar surface area (TPSA) is 72.3 Å². The van der Waals surface area contributed by atoms with Crippen LogP contribution in [0.2, 0.25) is 0 Å². The molecule has 0 bridgehead atoms. The first kappa shape index (κ1) is 10.6. The molecule has 2 aromatic heterocycles. The monoisotopic (exact) mass is 236 g/mol. The minimum Gasteiger partial charge on any atom is -0.478 e. The third kappa shape index (κ3) is 2.17. The Labute approximate surface area is 95.4 Å². The molecule has 0 saturated heterocycles. The van der Waals surface area contributed by atoms with Gasteiger partial charge in [-0.2, -0.15) is 0 Å². The molecule has 16 heavy (non-hydrogen) atoms. The average molecular weight is 236 g/mol. The van der Waals surface area contributed by atoms with E-state index in [2.05, 4.69) is 9.97 Å². The van der Waals surface area contributed by atoms with Crippen molar-refractivity contribution in [1.29, 1.82) is 0 Å². The molecule has 82 valence electrons. The standard InChI is InChI=1S/C10H8N2O3S/c1-6-5-16-10(12-6)15-8-4-11-3-2-7(8)9(13)14/h2-5H,1H3,(H,13,14). The molecular formula is C10H8N2O3S. The van der Waals surface area contributed by atoms with E-state index in [1.807, 2.05) is 12.3 Å². The van der Waals surface area contributed by atoms with Gasteiger partial charge in [-0.15, -0.1) is 0 Å². The average Bonchev–Trinajstić information content (AvgIpc) is 2.64. The predicted molar refractivity (Wildman–Crippen MR) is 58.1 cm³/mol. The van der Waals surface area contributed by atoms with Crippen molar-refractivity contribution in [1.82, 2.24) is 9.97 Å². The largest absolute Gasteiger partial charge is 0.478 e. The van der Waals surface area contributed by atoms with Gasteiger partial charge in [-0.3, -0.25) is 4.98 Å². The maximum atomic E-state index is 10.9. The lowest BCUT2D eigenvalue weighted by Gasteiger charge is -2.03. The van der Waals surface area contributed by atoms with Gasteiger partial charge >= 0.3 is 5.97 Å². The molecule has 5 nitrogen and oxygen atoms in total. The van der Waals surface area contributed by atoms with Crippen molar-refractivity contribution in [2.24, 2.45) is 0 Å². The normalized spacial score (nSPS) is 10.1. The van der Waals surface area contributed by atoms with Gasteiger partial charge in [0.1, 0.15) is 5.56 Å². The van der Waals surface area contributed by atoms with Gasteiger partial charge in [0.2, 0.25) is 0 Å². The van der Waals surface area contributed by atoms with Gasteiger partial charge in [0.15, 0.2) is 5.75 Å². The number of aromatic nitrogens is 2. The Morgan fingerprint density at radius 2 is 2.38 bits per heavy atom. The summed E-state index contributed by atoms with van der Waals surface area (Å²) in [6.45, 7) is 1.84. The summed E-state index contributed by atoms with van der Waals surface area (Å²) >= 11 is 1.31. The van der Waals surface area contributed by atoms with Crippen molar-refractivity contribution in [2.75, 3.05) is 0 Å². The fourth-order valence-electron chi connectivity index (χ4n) is 1.11. The van der Waals surface area contributed by atoms with Crippen molar-refractivity contribution in [3.8, 4) is 10.9 Å². The number of aryl methyl sites for hydroxylation is 1. The number of ether oxygens (including phenoxy) is 1. The molecule has 0 radical (unpaired) electrons. The summed E-state index contributed by atoms with van der Waals surface area (Å²) in [5, 5.41) is 11.2. The Morgan fingerprint density at radius 1 is 1.56 bits per heavy atom. The Balaban J connectivity index is 2.31. The van der Waals surface area contributed by atoms with Gasteiger partial charge in [-0.1, -0.05) is 11.3 Å². The van der Waals surface area contributed by atoms with Crippen molar-refractivity contribution in [3.63, 3.8) is 0 Å². The number of carboxylic acid groups (broad SMARTS) is 1. The first-order valence-electron chi connectivity index (χ1n) is 4.44. The zero-order chi connectivity index (χ0) is 11.5. The van der Waals surface area contributed by atoms with Gasteiger partial charge in [0, 0.05) is 11.6 Å². The van der Waals surface area contributed by atoms with Crippen molar-refractivity contribution < 1.29 is 14.6 Å². The van der Waals surface area contributed by atoms with E-state index >= 15 is 0 Å². The van der Waals surface area contributed by atoms with E-state index in [9.17, 15) is 4.79 Å². The van der Waals surface area contributed by atoms with Gasteiger partial charge in [0.25, 0.3) is 5.19 Å². The number of hydrogen-bond acceptors (Lipinski definition) is 5. The number of pyridine rings is 1. The summed E-state index contributed by atoms with van der Waals surface area (Å²) in [5.74, 6) is -0.852. The molecule has 2 heterocycles. The van der Waals surface area contributed by atoms with Gasteiger partial charge in [-0.05, 0) is 13.0 Å². The smallest absolute Gasteiger partial charge is 0.339 e. The highest BCUT2D eigenvalue weighted by Crippen LogP contribution is 2.26. The number of hydrogen-bond donors (Lipinski definition) is 1. The minimum absolute atomic E-state index is 0.0721. The highest BCUT2D eigenvalue weighted by molar-refractivity contribution is 7.11. The third-order valence-electron chi connectivity index (χ3n) is 1.81. The van der Waals surface area contributed by atoms with Crippen LogP contribution in [0, 0.1) is 6.92 Å². The second-order valence-corrected chi connectivity index (χ2v) is 3.85. The van der Waals surface area contributed by atoms with E-state index in [4.69, 9.17) is 9.84 Å². The van der Waals surface area contributed by atoms with Crippen molar-refractivity contribution in [3.05, 3.63) is 35.1 Å². The maximum Gasteiger partial charge on any atom is 0.339 e. The van der Waals surface area contributed by atoms with E-state index < -0.39 is 5.97 Å². The van der Waals surface area contributed by atoms with Crippen LogP contribution < -0.4 is 4.74 Å². The summed E-state index contributed by atoms with van der Waals surface area (Å²) < 4.78 is 5.36. The number of nitrogens with zero attached hydrogens (tertiary/aromatic N) is 2. The Bertz CT molecular complexity index is 524. The van der Waals surface area contributed by atoms with Crippen LogP contribution >= 0.6 is 11.3 Å². The fourth-order valence-corrected chi connectivity index (χ4v) is 1.77.